The molecule has 43 heavy (non-hydrogen) atoms. The predicted molar refractivity (Wildman–Crippen MR) is 174 cm³/mol. The molecule has 0 aliphatic heterocycles. The van der Waals surface area contributed by atoms with Crippen molar-refractivity contribution in [3.8, 4) is 56.3 Å². The highest BCUT2D eigenvalue weighted by atomic mass is 16.3. The highest BCUT2D eigenvalue weighted by Crippen LogP contribution is 2.36. The molecule has 8 rings (SSSR count). The summed E-state index contributed by atoms with van der Waals surface area (Å²) in [7, 11) is 0. The van der Waals surface area contributed by atoms with E-state index >= 15 is 0 Å². The van der Waals surface area contributed by atoms with Crippen molar-refractivity contribution in [1.82, 2.24) is 15.0 Å². The van der Waals surface area contributed by atoms with Crippen molar-refractivity contribution >= 4 is 21.9 Å². The molecule has 4 heteroatoms. The standard InChI is InChI=1S/C39H25N3O/c1-3-10-27(11-4-1)34-25-35(42-39(41-34)29-12-5-2-6-13-29)28-19-17-26(18-20-28)31-15-9-23-40-38(31)30-21-22-37-33(24-30)32-14-7-8-16-36(32)43-37/h1-25H. The van der Waals surface area contributed by atoms with E-state index in [2.05, 4.69) is 66.7 Å². The molecule has 0 atom stereocenters. The molecule has 0 fully saturated rings. The Morgan fingerprint density at radius 2 is 1.02 bits per heavy atom. The van der Waals surface area contributed by atoms with E-state index in [0.717, 1.165) is 72.4 Å². The van der Waals surface area contributed by atoms with Crippen LogP contribution in [0, 0.1) is 0 Å². The van der Waals surface area contributed by atoms with Crippen molar-refractivity contribution in [3.63, 3.8) is 0 Å². The predicted octanol–water partition coefficient (Wildman–Crippen LogP) is 10.1. The van der Waals surface area contributed by atoms with Gasteiger partial charge in [-0.25, -0.2) is 9.97 Å². The Morgan fingerprint density at radius 3 is 1.79 bits per heavy atom. The Kier molecular flexibility index (Phi) is 6.08. The molecule has 0 aliphatic rings. The van der Waals surface area contributed by atoms with E-state index in [0.29, 0.717) is 5.82 Å². The van der Waals surface area contributed by atoms with Gasteiger partial charge in [-0.1, -0.05) is 109 Å². The van der Waals surface area contributed by atoms with Crippen LogP contribution >= 0.6 is 0 Å². The van der Waals surface area contributed by atoms with E-state index < -0.39 is 0 Å². The molecule has 0 spiro atoms. The molecule has 0 saturated carbocycles. The number of pyridine rings is 1. The molecule has 0 unspecified atom stereocenters. The van der Waals surface area contributed by atoms with Gasteiger partial charge in [0, 0.05) is 44.8 Å². The van der Waals surface area contributed by atoms with Crippen LogP contribution in [0.4, 0.5) is 0 Å². The molecule has 0 saturated heterocycles. The fourth-order valence-corrected chi connectivity index (χ4v) is 5.63. The van der Waals surface area contributed by atoms with Gasteiger partial charge in [-0.05, 0) is 42.0 Å². The molecule has 0 N–H and O–H groups in total. The first-order valence-electron chi connectivity index (χ1n) is 14.3. The van der Waals surface area contributed by atoms with E-state index in [1.807, 2.05) is 85.1 Å². The molecule has 0 amide bonds. The fourth-order valence-electron chi connectivity index (χ4n) is 5.63. The zero-order valence-corrected chi connectivity index (χ0v) is 23.2. The second kappa shape index (κ2) is 10.5. The SMILES string of the molecule is c1ccc(-c2cc(-c3ccc(-c4cccnc4-c4ccc5oc6ccccc6c5c4)cc3)nc(-c3ccccc3)n2)cc1. The lowest BCUT2D eigenvalue weighted by atomic mass is 9.97. The topological polar surface area (TPSA) is 51.8 Å². The average molecular weight is 552 g/mol. The van der Waals surface area contributed by atoms with E-state index in [-0.39, 0.29) is 0 Å². The largest absolute Gasteiger partial charge is 0.456 e. The zero-order valence-electron chi connectivity index (χ0n) is 23.2. The number of para-hydroxylation sites is 1. The first-order valence-corrected chi connectivity index (χ1v) is 14.3. The third kappa shape index (κ3) is 4.65. The van der Waals surface area contributed by atoms with E-state index in [4.69, 9.17) is 19.4 Å². The Labute approximate surface area is 249 Å². The van der Waals surface area contributed by atoms with Gasteiger partial charge in [-0.3, -0.25) is 4.98 Å². The first-order chi connectivity index (χ1) is 21.3. The summed E-state index contributed by atoms with van der Waals surface area (Å²) in [5, 5.41) is 2.20. The van der Waals surface area contributed by atoms with Crippen molar-refractivity contribution in [2.45, 2.75) is 0 Å². The van der Waals surface area contributed by atoms with Gasteiger partial charge in [-0.2, -0.15) is 0 Å². The molecular formula is C39H25N3O. The van der Waals surface area contributed by atoms with Crippen LogP contribution in [0.2, 0.25) is 0 Å². The summed E-state index contributed by atoms with van der Waals surface area (Å²) in [5.41, 5.74) is 10.7. The number of rotatable bonds is 5. The number of fused-ring (bicyclic) bond motifs is 3. The monoisotopic (exact) mass is 551 g/mol. The lowest BCUT2D eigenvalue weighted by molar-refractivity contribution is 0.669. The lowest BCUT2D eigenvalue weighted by Gasteiger charge is -2.11. The third-order valence-electron chi connectivity index (χ3n) is 7.78. The molecule has 8 aromatic rings. The highest BCUT2D eigenvalue weighted by Gasteiger charge is 2.14. The van der Waals surface area contributed by atoms with Gasteiger partial charge in [0.05, 0.1) is 17.1 Å². The Morgan fingerprint density at radius 1 is 0.419 bits per heavy atom. The van der Waals surface area contributed by atoms with Crippen molar-refractivity contribution < 1.29 is 4.42 Å². The first kappa shape index (κ1) is 24.9. The van der Waals surface area contributed by atoms with Crippen LogP contribution in [-0.4, -0.2) is 15.0 Å². The van der Waals surface area contributed by atoms with Crippen LogP contribution in [-0.2, 0) is 0 Å². The van der Waals surface area contributed by atoms with Gasteiger partial charge in [0.1, 0.15) is 11.2 Å². The fraction of sp³-hybridized carbons (Fsp3) is 0. The van der Waals surface area contributed by atoms with Gasteiger partial charge in [0.25, 0.3) is 0 Å². The van der Waals surface area contributed by atoms with E-state index in [9.17, 15) is 0 Å². The molecule has 0 bridgehead atoms. The van der Waals surface area contributed by atoms with Crippen LogP contribution in [0.1, 0.15) is 0 Å². The molecular weight excluding hydrogens is 526 g/mol. The van der Waals surface area contributed by atoms with Gasteiger partial charge in [-0.15, -0.1) is 0 Å². The maximum absolute atomic E-state index is 6.06. The van der Waals surface area contributed by atoms with Crippen molar-refractivity contribution in [2.24, 2.45) is 0 Å². The zero-order chi connectivity index (χ0) is 28.6. The third-order valence-corrected chi connectivity index (χ3v) is 7.78. The highest BCUT2D eigenvalue weighted by molar-refractivity contribution is 6.06. The van der Waals surface area contributed by atoms with Crippen LogP contribution in [0.15, 0.2) is 156 Å². The Balaban J connectivity index is 1.20. The molecule has 5 aromatic carbocycles. The summed E-state index contributed by atoms with van der Waals surface area (Å²) >= 11 is 0. The molecule has 4 nitrogen and oxygen atoms in total. The molecule has 3 aromatic heterocycles. The summed E-state index contributed by atoms with van der Waals surface area (Å²) < 4.78 is 6.06. The summed E-state index contributed by atoms with van der Waals surface area (Å²) in [4.78, 5) is 14.7. The van der Waals surface area contributed by atoms with Gasteiger partial charge in [0.2, 0.25) is 0 Å². The van der Waals surface area contributed by atoms with E-state index in [1.54, 1.807) is 0 Å². The van der Waals surface area contributed by atoms with Gasteiger partial charge >= 0.3 is 0 Å². The minimum atomic E-state index is 0.706. The Bertz CT molecular complexity index is 2160. The van der Waals surface area contributed by atoms with Crippen molar-refractivity contribution in [2.75, 3.05) is 0 Å². The average Bonchev–Trinajstić information content (AvgIpc) is 3.47. The number of furan rings is 1. The Hall–Kier alpha value is -5.87. The molecule has 202 valence electrons. The number of hydrogen-bond donors (Lipinski definition) is 0. The van der Waals surface area contributed by atoms with Gasteiger partial charge < -0.3 is 4.42 Å². The number of nitrogens with zero attached hydrogens (tertiary/aromatic N) is 3. The van der Waals surface area contributed by atoms with Crippen LogP contribution in [0.25, 0.3) is 78.2 Å². The summed E-state index contributed by atoms with van der Waals surface area (Å²) in [6.07, 6.45) is 1.85. The van der Waals surface area contributed by atoms with Crippen LogP contribution in [0.5, 0.6) is 0 Å². The maximum Gasteiger partial charge on any atom is 0.160 e. The van der Waals surface area contributed by atoms with Crippen LogP contribution < -0.4 is 0 Å². The quantitative estimate of drug-likeness (QED) is 0.214. The molecule has 0 radical (unpaired) electrons. The second-order valence-electron chi connectivity index (χ2n) is 10.5. The maximum atomic E-state index is 6.06. The number of aromatic nitrogens is 3. The molecule has 0 aliphatic carbocycles. The smallest absolute Gasteiger partial charge is 0.160 e. The van der Waals surface area contributed by atoms with Crippen molar-refractivity contribution in [3.05, 3.63) is 152 Å². The number of benzene rings is 5. The molecule has 3 heterocycles. The minimum Gasteiger partial charge on any atom is -0.456 e. The van der Waals surface area contributed by atoms with Crippen molar-refractivity contribution in [1.29, 1.82) is 0 Å². The second-order valence-corrected chi connectivity index (χ2v) is 10.5. The van der Waals surface area contributed by atoms with E-state index in [1.165, 1.54) is 0 Å². The van der Waals surface area contributed by atoms with Gasteiger partial charge in [0.15, 0.2) is 5.82 Å². The summed E-state index contributed by atoms with van der Waals surface area (Å²) in [6.45, 7) is 0. The number of hydrogen-bond acceptors (Lipinski definition) is 4. The summed E-state index contributed by atoms with van der Waals surface area (Å²) in [5.74, 6) is 0.706. The normalized spacial score (nSPS) is 11.3. The minimum absolute atomic E-state index is 0.706. The lowest BCUT2D eigenvalue weighted by Crippen LogP contribution is -1.96. The summed E-state index contributed by atoms with van der Waals surface area (Å²) in [6, 6.07) is 49.6. The van der Waals surface area contributed by atoms with Crippen LogP contribution in [0.3, 0.4) is 0 Å².